The van der Waals surface area contributed by atoms with Crippen LogP contribution < -0.4 is 23.7 Å². The van der Waals surface area contributed by atoms with Crippen LogP contribution in [0.25, 0.3) is 20.2 Å². The molecule has 13 nitrogen and oxygen atoms in total. The predicted molar refractivity (Wildman–Crippen MR) is 305 cm³/mol. The highest BCUT2D eigenvalue weighted by Gasteiger charge is 2.29. The Morgan fingerprint density at radius 1 is 0.570 bits per heavy atom. The molecular weight excluding hydrogens is 1050 g/mol. The summed E-state index contributed by atoms with van der Waals surface area (Å²) in [5.74, 6) is 4.33. The fourth-order valence-electron chi connectivity index (χ4n) is 9.64. The van der Waals surface area contributed by atoms with Crippen LogP contribution >= 0.6 is 22.7 Å². The molecule has 3 aliphatic heterocycles. The number of carbonyl (C=O) groups is 2. The highest BCUT2D eigenvalue weighted by atomic mass is 32.1. The third kappa shape index (κ3) is 13.6. The topological polar surface area (TPSA) is 157 Å². The number of thiophene rings is 2. The molecule has 1 atom stereocenters. The van der Waals surface area contributed by atoms with Crippen molar-refractivity contribution in [3.8, 4) is 57.5 Å². The summed E-state index contributed by atoms with van der Waals surface area (Å²) in [4.78, 5) is 32.5. The van der Waals surface area contributed by atoms with E-state index in [9.17, 15) is 33.7 Å². The molecule has 0 amide bonds. The fraction of sp³-hybridized carbons (Fsp3) is 0.323. The van der Waals surface area contributed by atoms with Gasteiger partial charge in [0.1, 0.15) is 69.0 Å². The summed E-state index contributed by atoms with van der Waals surface area (Å²) in [6, 6.07) is 34.5. The van der Waals surface area contributed by atoms with E-state index in [0.717, 1.165) is 78.7 Å². The average molecular weight is 1120 g/mol. The van der Waals surface area contributed by atoms with Gasteiger partial charge < -0.3 is 43.7 Å². The lowest BCUT2D eigenvalue weighted by Gasteiger charge is -2.37. The number of rotatable bonds is 20. The zero-order chi connectivity index (χ0) is 54.3. The van der Waals surface area contributed by atoms with Crippen LogP contribution in [0.1, 0.15) is 68.3 Å². The molecule has 3 aliphatic rings. The van der Waals surface area contributed by atoms with Crippen LogP contribution in [-0.4, -0.2) is 115 Å². The van der Waals surface area contributed by atoms with Crippen molar-refractivity contribution in [1.82, 2.24) is 9.80 Å². The number of fused-ring (bicyclic) bond motifs is 2. The third-order valence-corrected chi connectivity index (χ3v) is 16.2. The van der Waals surface area contributed by atoms with Gasteiger partial charge in [0.15, 0.2) is 17.8 Å². The molecular formula is C62H64F2N2O11S2. The van der Waals surface area contributed by atoms with E-state index >= 15 is 0 Å². The smallest absolute Gasteiger partial charge is 0.207 e. The Labute approximate surface area is 466 Å². The molecule has 0 bridgehead atoms. The largest absolute Gasteiger partial charge is 0.508 e. The molecule has 0 spiro atoms. The van der Waals surface area contributed by atoms with E-state index in [2.05, 4.69) is 9.80 Å². The monoisotopic (exact) mass is 1110 g/mol. The van der Waals surface area contributed by atoms with Gasteiger partial charge in [0.2, 0.25) is 11.6 Å². The first-order chi connectivity index (χ1) is 37.9. The van der Waals surface area contributed by atoms with Crippen LogP contribution in [0.15, 0.2) is 121 Å². The summed E-state index contributed by atoms with van der Waals surface area (Å²) in [7, 11) is 0. The van der Waals surface area contributed by atoms with Crippen LogP contribution in [0.4, 0.5) is 8.78 Å². The number of ether oxygens (including phenoxy) is 6. The van der Waals surface area contributed by atoms with E-state index in [1.807, 2.05) is 54.6 Å². The molecule has 2 aromatic heterocycles. The van der Waals surface area contributed by atoms with Gasteiger partial charge in [-0.1, -0.05) is 7.43 Å². The van der Waals surface area contributed by atoms with Crippen LogP contribution in [0.3, 0.4) is 0 Å². The number of nitrogens with zero attached hydrogens (tertiary/aromatic N) is 2. The Hall–Kier alpha value is -7.28. The van der Waals surface area contributed by atoms with Gasteiger partial charge in [-0.25, -0.2) is 0 Å². The molecule has 3 saturated heterocycles. The Bertz CT molecular complexity index is 3390. The zero-order valence-electron chi connectivity index (χ0n) is 43.3. The minimum atomic E-state index is -0.272. The minimum absolute atomic E-state index is 0. The Morgan fingerprint density at radius 3 is 1.46 bits per heavy atom. The zero-order valence-corrected chi connectivity index (χ0v) is 44.9. The predicted octanol–water partition coefficient (Wildman–Crippen LogP) is 13.7. The van der Waals surface area contributed by atoms with E-state index in [1.54, 1.807) is 68.4 Å². The second-order valence-corrected chi connectivity index (χ2v) is 21.9. The molecule has 79 heavy (non-hydrogen) atoms. The molecule has 3 N–H and O–H groups in total. The average Bonchev–Trinajstić information content (AvgIpc) is 4.21. The number of benzene rings is 6. The van der Waals surface area contributed by atoms with Gasteiger partial charge in [-0.3, -0.25) is 28.2 Å². The number of carbonyl (C=O) groups excluding carboxylic acids is 2. The maximum absolute atomic E-state index is 13.8. The van der Waals surface area contributed by atoms with Crippen molar-refractivity contribution in [2.24, 2.45) is 11.8 Å². The molecule has 3 fully saturated rings. The fourth-order valence-corrected chi connectivity index (χ4v) is 11.9. The molecule has 414 valence electrons. The number of likely N-dealkylation sites (tertiary alicyclic amines) is 2. The lowest BCUT2D eigenvalue weighted by molar-refractivity contribution is -0.105. The summed E-state index contributed by atoms with van der Waals surface area (Å²) >= 11 is 2.60. The van der Waals surface area contributed by atoms with Crippen LogP contribution in [-0.2, 0) is 4.74 Å². The van der Waals surface area contributed by atoms with Crippen molar-refractivity contribution in [2.75, 3.05) is 72.4 Å². The molecule has 11 rings (SSSR count). The number of alkyl halides is 2. The van der Waals surface area contributed by atoms with E-state index in [1.165, 1.54) is 34.8 Å². The van der Waals surface area contributed by atoms with Crippen molar-refractivity contribution in [3.63, 3.8) is 0 Å². The summed E-state index contributed by atoms with van der Waals surface area (Å²) < 4.78 is 62.9. The normalized spacial score (nSPS) is 15.8. The first-order valence-electron chi connectivity index (χ1n) is 26.0. The standard InChI is InChI=1S/C33H34FNO6S.C28H26FNO5S.CH4/c1-21-16-23(36)5-11-27(21)31(37)33-32(28-12-10-26(17-29(28)42-33)40-30-4-2-3-14-39-30)41-25-8-6-24(7-9-25)38-15-13-35-19-22(18-34)20-35;1-17-12-19(31)2-8-23(17)26(33)28-27(24-9-3-20(32)13-25(24)36-28)35-22-6-4-21(5-7-22)34-11-10-30-15-18(14-29)16-30;/h5-12,16-17,22,30,36H,2-4,13-15,18-20H2,1H3;2-9,12-13,18,31-32H,10-11,14-16H2,1H3;1H4. The Morgan fingerprint density at radius 2 is 1.00 bits per heavy atom. The molecule has 1 unspecified atom stereocenters. The van der Waals surface area contributed by atoms with Crippen molar-refractivity contribution in [3.05, 3.63) is 153 Å². The van der Waals surface area contributed by atoms with Gasteiger partial charge in [0.05, 0.1) is 20.0 Å². The second-order valence-electron chi connectivity index (χ2n) is 19.8. The van der Waals surface area contributed by atoms with Gasteiger partial charge in [0, 0.05) is 88.8 Å². The molecule has 17 heteroatoms. The van der Waals surface area contributed by atoms with Gasteiger partial charge in [-0.05, 0) is 159 Å². The number of hydrogen-bond donors (Lipinski definition) is 3. The summed E-state index contributed by atoms with van der Waals surface area (Å²) in [6.07, 6.45) is 2.68. The van der Waals surface area contributed by atoms with Crippen molar-refractivity contribution < 1.29 is 62.1 Å². The quantitative estimate of drug-likeness (QED) is 0.0620. The van der Waals surface area contributed by atoms with E-state index in [0.29, 0.717) is 92.1 Å². The first kappa shape index (κ1) is 56.4. The summed E-state index contributed by atoms with van der Waals surface area (Å²) in [5.41, 5.74) is 2.31. The number of aryl methyl sites for hydroxylation is 2. The first-order valence-corrected chi connectivity index (χ1v) is 27.7. The van der Waals surface area contributed by atoms with Crippen molar-refractivity contribution in [2.45, 2.75) is 46.8 Å². The second kappa shape index (κ2) is 25.7. The van der Waals surface area contributed by atoms with E-state index in [-0.39, 0.29) is 67.7 Å². The number of halogens is 2. The van der Waals surface area contributed by atoms with E-state index < -0.39 is 0 Å². The van der Waals surface area contributed by atoms with Gasteiger partial charge >= 0.3 is 0 Å². The van der Waals surface area contributed by atoms with Crippen molar-refractivity contribution in [1.29, 1.82) is 0 Å². The Kier molecular flexibility index (Phi) is 18.3. The van der Waals surface area contributed by atoms with Crippen LogP contribution in [0, 0.1) is 25.7 Å². The van der Waals surface area contributed by atoms with Gasteiger partial charge in [-0.15, -0.1) is 22.7 Å². The lowest BCUT2D eigenvalue weighted by atomic mass is 10.0. The summed E-state index contributed by atoms with van der Waals surface area (Å²) in [5, 5.41) is 31.1. The highest BCUT2D eigenvalue weighted by molar-refractivity contribution is 7.22. The Balaban J connectivity index is 0.000000191. The maximum Gasteiger partial charge on any atom is 0.207 e. The third-order valence-electron chi connectivity index (χ3n) is 13.9. The number of phenolic OH excluding ortho intramolecular Hbond substituents is 3. The molecule has 6 aromatic carbocycles. The van der Waals surface area contributed by atoms with Crippen LogP contribution in [0.5, 0.6) is 57.5 Å². The highest BCUT2D eigenvalue weighted by Crippen LogP contribution is 2.45. The molecule has 0 radical (unpaired) electrons. The van der Waals surface area contributed by atoms with Crippen LogP contribution in [0.2, 0.25) is 0 Å². The number of ketones is 2. The maximum atomic E-state index is 13.8. The number of hydrogen-bond acceptors (Lipinski definition) is 15. The van der Waals surface area contributed by atoms with Gasteiger partial charge in [0.25, 0.3) is 0 Å². The lowest BCUT2D eigenvalue weighted by Crippen LogP contribution is -2.49. The molecule has 0 aliphatic carbocycles. The van der Waals surface area contributed by atoms with Crippen molar-refractivity contribution >= 4 is 54.4 Å². The molecule has 8 aromatic rings. The number of aromatic hydroxyl groups is 3. The number of phenols is 3. The van der Waals surface area contributed by atoms with E-state index in [4.69, 9.17) is 28.4 Å². The SMILES string of the molecule is C.Cc1cc(O)ccc1C(=O)c1sc2cc(O)ccc2c1Oc1ccc(OCCN2CC(CF)C2)cc1.Cc1cc(O)ccc1C(=O)c1sc2cc(OC3CCCCO3)ccc2c1Oc1ccc(OCCN2CC(CF)C2)cc1. The van der Waals surface area contributed by atoms with Gasteiger partial charge in [-0.2, -0.15) is 0 Å². The summed E-state index contributed by atoms with van der Waals surface area (Å²) in [6.45, 7) is 9.43. The molecule has 5 heterocycles. The molecule has 0 saturated carbocycles. The minimum Gasteiger partial charge on any atom is -0.508 e.